The molecule has 0 aliphatic carbocycles. The molecule has 2 aliphatic rings. The number of nitrogens with one attached hydrogen (secondary N) is 3. The third-order valence-electron chi connectivity index (χ3n) is 5.23. The molecule has 1 aromatic carbocycles. The monoisotopic (exact) mass is 398 g/mol. The number of piperidine rings is 1. The van der Waals surface area contributed by atoms with Crippen molar-refractivity contribution in [3.63, 3.8) is 0 Å². The first-order chi connectivity index (χ1) is 13.6. The predicted octanol–water partition coefficient (Wildman–Crippen LogP) is 1.68. The van der Waals surface area contributed by atoms with Gasteiger partial charge in [0.05, 0.1) is 17.8 Å². The zero-order valence-electron chi connectivity index (χ0n) is 15.5. The number of benzene rings is 1. The molecule has 0 saturated carbocycles. The maximum atomic E-state index is 13.2. The molecule has 0 radical (unpaired) electrons. The van der Waals surface area contributed by atoms with Crippen LogP contribution < -0.4 is 16.0 Å². The fourth-order valence-corrected chi connectivity index (χ4v) is 4.50. The summed E-state index contributed by atoms with van der Waals surface area (Å²) in [5, 5.41) is 12.7. The maximum Gasteiger partial charge on any atom is 0.256 e. The SMILES string of the molecule is CNCC(=O)NC1CCN2C(=O)c3cc(-c4ccsc4)ccc3NC(=O)C2C1. The number of anilines is 1. The first kappa shape index (κ1) is 18.6. The van der Waals surface area contributed by atoms with Crippen molar-refractivity contribution in [2.45, 2.75) is 24.9 Å². The number of nitrogens with zero attached hydrogens (tertiary/aromatic N) is 1. The lowest BCUT2D eigenvalue weighted by Crippen LogP contribution is -2.55. The first-order valence-corrected chi connectivity index (χ1v) is 10.2. The van der Waals surface area contributed by atoms with E-state index in [4.69, 9.17) is 0 Å². The lowest BCUT2D eigenvalue weighted by Gasteiger charge is -2.37. The molecule has 1 aromatic heterocycles. The van der Waals surface area contributed by atoms with E-state index in [2.05, 4.69) is 16.0 Å². The summed E-state index contributed by atoms with van der Waals surface area (Å²) >= 11 is 1.60. The van der Waals surface area contributed by atoms with Gasteiger partial charge in [-0.3, -0.25) is 14.4 Å². The van der Waals surface area contributed by atoms with Crippen LogP contribution in [0.1, 0.15) is 23.2 Å². The van der Waals surface area contributed by atoms with Gasteiger partial charge in [0.25, 0.3) is 5.91 Å². The molecule has 7 nitrogen and oxygen atoms in total. The highest BCUT2D eigenvalue weighted by Crippen LogP contribution is 2.32. The van der Waals surface area contributed by atoms with E-state index in [9.17, 15) is 14.4 Å². The van der Waals surface area contributed by atoms with Crippen LogP contribution in [0.15, 0.2) is 35.0 Å². The van der Waals surface area contributed by atoms with Crippen molar-refractivity contribution in [1.29, 1.82) is 0 Å². The highest BCUT2D eigenvalue weighted by atomic mass is 32.1. The van der Waals surface area contributed by atoms with E-state index in [1.54, 1.807) is 29.4 Å². The summed E-state index contributed by atoms with van der Waals surface area (Å²) in [7, 11) is 1.71. The Morgan fingerprint density at radius 2 is 2.14 bits per heavy atom. The zero-order chi connectivity index (χ0) is 19.7. The van der Waals surface area contributed by atoms with E-state index in [1.165, 1.54) is 0 Å². The highest BCUT2D eigenvalue weighted by Gasteiger charge is 2.40. The zero-order valence-corrected chi connectivity index (χ0v) is 16.3. The third kappa shape index (κ3) is 3.53. The normalized spacial score (nSPS) is 21.4. The average molecular weight is 398 g/mol. The first-order valence-electron chi connectivity index (χ1n) is 9.29. The third-order valence-corrected chi connectivity index (χ3v) is 5.91. The van der Waals surface area contributed by atoms with E-state index in [1.807, 2.05) is 29.0 Å². The number of carbonyl (C=O) groups excluding carboxylic acids is 3. The Morgan fingerprint density at radius 1 is 1.29 bits per heavy atom. The number of hydrogen-bond donors (Lipinski definition) is 3. The van der Waals surface area contributed by atoms with Crippen molar-refractivity contribution in [3.8, 4) is 11.1 Å². The van der Waals surface area contributed by atoms with E-state index >= 15 is 0 Å². The minimum absolute atomic E-state index is 0.106. The molecule has 3 amide bonds. The standard InChI is InChI=1S/C20H22N4O3S/c1-21-10-18(25)22-14-4-6-24-17(9-14)19(26)23-16-3-2-12(8-15(16)20(24)27)13-5-7-28-11-13/h2-3,5,7-8,11,14,17,21H,4,6,9-10H2,1H3,(H,22,25)(H,23,26). The molecular weight excluding hydrogens is 376 g/mol. The lowest BCUT2D eigenvalue weighted by atomic mass is 9.96. The van der Waals surface area contributed by atoms with E-state index in [0.29, 0.717) is 30.6 Å². The summed E-state index contributed by atoms with van der Waals surface area (Å²) in [6, 6.07) is 6.86. The van der Waals surface area contributed by atoms with Crippen molar-refractivity contribution in [2.24, 2.45) is 0 Å². The molecule has 2 atom stereocenters. The number of carbonyl (C=O) groups is 3. The molecular formula is C20H22N4O3S. The van der Waals surface area contributed by atoms with Gasteiger partial charge in [-0.15, -0.1) is 0 Å². The molecule has 0 spiro atoms. The van der Waals surface area contributed by atoms with Gasteiger partial charge < -0.3 is 20.9 Å². The van der Waals surface area contributed by atoms with Crippen LogP contribution in [0, 0.1) is 0 Å². The summed E-state index contributed by atoms with van der Waals surface area (Å²) in [5.41, 5.74) is 3.06. The van der Waals surface area contributed by atoms with Crippen LogP contribution in [0.2, 0.25) is 0 Å². The van der Waals surface area contributed by atoms with E-state index in [0.717, 1.165) is 11.1 Å². The fraction of sp³-hybridized carbons (Fsp3) is 0.350. The predicted molar refractivity (Wildman–Crippen MR) is 108 cm³/mol. The topological polar surface area (TPSA) is 90.5 Å². The number of amides is 3. The molecule has 4 rings (SSSR count). The quantitative estimate of drug-likeness (QED) is 0.731. The molecule has 28 heavy (non-hydrogen) atoms. The van der Waals surface area contributed by atoms with Crippen LogP contribution in [-0.4, -0.2) is 54.8 Å². The minimum atomic E-state index is -0.585. The van der Waals surface area contributed by atoms with Gasteiger partial charge in [-0.1, -0.05) is 6.07 Å². The second kappa shape index (κ2) is 7.73. The smallest absolute Gasteiger partial charge is 0.256 e. The number of rotatable bonds is 4. The maximum absolute atomic E-state index is 13.2. The van der Waals surface area contributed by atoms with Gasteiger partial charge in [-0.2, -0.15) is 11.3 Å². The highest BCUT2D eigenvalue weighted by molar-refractivity contribution is 7.08. The van der Waals surface area contributed by atoms with Gasteiger partial charge in [0.2, 0.25) is 11.8 Å². The Bertz CT molecular complexity index is 912. The Kier molecular flexibility index (Phi) is 5.15. The molecule has 0 bridgehead atoms. The largest absolute Gasteiger partial charge is 0.352 e. The molecule has 146 valence electrons. The van der Waals surface area contributed by atoms with Crippen LogP contribution in [0.5, 0.6) is 0 Å². The van der Waals surface area contributed by atoms with Crippen molar-refractivity contribution in [1.82, 2.24) is 15.5 Å². The summed E-state index contributed by atoms with van der Waals surface area (Å²) in [4.78, 5) is 39.5. The van der Waals surface area contributed by atoms with Gasteiger partial charge in [-0.05, 0) is 60.0 Å². The number of thiophene rings is 1. The average Bonchev–Trinajstić information content (AvgIpc) is 3.19. The summed E-state index contributed by atoms with van der Waals surface area (Å²) in [5.74, 6) is -0.455. The van der Waals surface area contributed by atoms with Gasteiger partial charge in [0.1, 0.15) is 6.04 Å². The molecule has 2 aromatic rings. The Labute approximate surface area is 167 Å². The van der Waals surface area contributed by atoms with Crippen LogP contribution >= 0.6 is 11.3 Å². The van der Waals surface area contributed by atoms with Crippen LogP contribution in [-0.2, 0) is 9.59 Å². The Balaban J connectivity index is 1.58. The van der Waals surface area contributed by atoms with Crippen LogP contribution in [0.3, 0.4) is 0 Å². The van der Waals surface area contributed by atoms with Crippen molar-refractivity contribution in [2.75, 3.05) is 25.5 Å². The number of fused-ring (bicyclic) bond motifs is 2. The molecule has 3 N–H and O–H groups in total. The van der Waals surface area contributed by atoms with Crippen LogP contribution in [0.4, 0.5) is 5.69 Å². The van der Waals surface area contributed by atoms with Gasteiger partial charge >= 0.3 is 0 Å². The van der Waals surface area contributed by atoms with Gasteiger partial charge in [-0.25, -0.2) is 0 Å². The fourth-order valence-electron chi connectivity index (χ4n) is 3.84. The second-order valence-corrected chi connectivity index (χ2v) is 7.88. The Morgan fingerprint density at radius 3 is 2.89 bits per heavy atom. The Hall–Kier alpha value is -2.71. The number of hydrogen-bond acceptors (Lipinski definition) is 5. The second-order valence-electron chi connectivity index (χ2n) is 7.10. The van der Waals surface area contributed by atoms with Crippen molar-refractivity contribution >= 4 is 34.7 Å². The lowest BCUT2D eigenvalue weighted by molar-refractivity contribution is -0.124. The molecule has 3 heterocycles. The molecule has 1 saturated heterocycles. The van der Waals surface area contributed by atoms with E-state index < -0.39 is 6.04 Å². The molecule has 2 aliphatic heterocycles. The van der Waals surface area contributed by atoms with Crippen molar-refractivity contribution in [3.05, 3.63) is 40.6 Å². The molecule has 1 fully saturated rings. The van der Waals surface area contributed by atoms with Crippen molar-refractivity contribution < 1.29 is 14.4 Å². The van der Waals surface area contributed by atoms with Crippen LogP contribution in [0.25, 0.3) is 11.1 Å². The van der Waals surface area contributed by atoms with E-state index in [-0.39, 0.29) is 30.3 Å². The molecule has 2 unspecified atom stereocenters. The molecule has 8 heteroatoms. The van der Waals surface area contributed by atoms with Gasteiger partial charge in [0.15, 0.2) is 0 Å². The summed E-state index contributed by atoms with van der Waals surface area (Å²) in [6.07, 6.45) is 1.04. The summed E-state index contributed by atoms with van der Waals surface area (Å²) < 4.78 is 0. The summed E-state index contributed by atoms with van der Waals surface area (Å²) in [6.45, 7) is 0.663. The number of likely N-dealkylation sites (N-methyl/N-ethyl adjacent to an activating group) is 1. The van der Waals surface area contributed by atoms with Gasteiger partial charge in [0, 0.05) is 12.6 Å². The minimum Gasteiger partial charge on any atom is -0.352 e.